The molecule has 2 saturated heterocycles. The molecule has 52 heavy (non-hydrogen) atoms. The smallest absolute Gasteiger partial charge is 0.271 e. The number of para-hydroxylation sites is 1. The highest BCUT2D eigenvalue weighted by atomic mass is 35.5. The predicted molar refractivity (Wildman–Crippen MR) is 174 cm³/mol. The number of phenols is 1. The molecule has 6 atom stereocenters. The minimum absolute atomic E-state index is 0.0790. The lowest BCUT2D eigenvalue weighted by Gasteiger charge is -2.50. The maximum atomic E-state index is 15.3. The van der Waals surface area contributed by atoms with Crippen LogP contribution in [0.1, 0.15) is 29.9 Å². The van der Waals surface area contributed by atoms with Crippen LogP contribution in [0.15, 0.2) is 66.8 Å². The Hall–Kier alpha value is -5.15. The molecular weight excluding hydrogens is 740 g/mol. The van der Waals surface area contributed by atoms with Crippen LogP contribution in [0.2, 0.25) is 0 Å². The molecule has 0 bridgehead atoms. The molecule has 2 aliphatic carbocycles. The van der Waals surface area contributed by atoms with Gasteiger partial charge in [0.05, 0.1) is 22.4 Å². The topological polar surface area (TPSA) is 138 Å². The molecule has 268 valence electrons. The van der Waals surface area contributed by atoms with Crippen molar-refractivity contribution in [1.29, 1.82) is 0 Å². The van der Waals surface area contributed by atoms with Crippen molar-refractivity contribution in [3.63, 3.8) is 0 Å². The lowest BCUT2D eigenvalue weighted by atomic mass is 9.56. The van der Waals surface area contributed by atoms with Crippen LogP contribution in [-0.4, -0.2) is 43.4 Å². The zero-order valence-electron chi connectivity index (χ0n) is 26.2. The van der Waals surface area contributed by atoms with E-state index in [1.54, 1.807) is 0 Å². The molecule has 4 aliphatic rings. The number of imide groups is 2. The fourth-order valence-electron chi connectivity index (χ4n) is 8.08. The van der Waals surface area contributed by atoms with E-state index in [1.165, 1.54) is 42.5 Å². The Bertz CT molecular complexity index is 2210. The summed E-state index contributed by atoms with van der Waals surface area (Å²) in [4.78, 5) is 62.4. The number of nitrogens with zero attached hydrogens (tertiary/aromatic N) is 3. The average molecular weight is 762 g/mol. The number of hydrogen-bond acceptors (Lipinski definition) is 7. The van der Waals surface area contributed by atoms with Crippen LogP contribution in [0.3, 0.4) is 0 Å². The Morgan fingerprint density at radius 3 is 2.17 bits per heavy atom. The fourth-order valence-corrected chi connectivity index (χ4v) is 9.00. The van der Waals surface area contributed by atoms with Crippen LogP contribution in [0.5, 0.6) is 5.75 Å². The first-order chi connectivity index (χ1) is 24.5. The van der Waals surface area contributed by atoms with E-state index in [-0.39, 0.29) is 40.1 Å². The second-order valence-electron chi connectivity index (χ2n) is 12.8. The van der Waals surface area contributed by atoms with Gasteiger partial charge in [0.15, 0.2) is 33.0 Å². The molecule has 3 fully saturated rings. The summed E-state index contributed by atoms with van der Waals surface area (Å²) >= 11 is 14.2. The lowest BCUT2D eigenvalue weighted by Crippen LogP contribution is -2.60. The molecule has 0 unspecified atom stereocenters. The number of phenolic OH excluding ortho intramolecular Hbond substituents is 1. The van der Waals surface area contributed by atoms with Gasteiger partial charge >= 0.3 is 0 Å². The minimum atomic E-state index is -2.82. The SMILES string of the molecule is C=CCc1cccc([C@H]2C3=CC[C@@H]4C(=O)N(c5cccc([N+](=O)[O-])c5)C(=O)[C@@H]4[C@@H]3C[C@@]3(Cl)C(=O)N(c4c(F)c(F)c(F)c(F)c4F)C(=O)[C@@]23Cl)c1O. The van der Waals surface area contributed by atoms with Crippen molar-refractivity contribution in [3.05, 3.63) is 117 Å². The Morgan fingerprint density at radius 2 is 1.54 bits per heavy atom. The Morgan fingerprint density at radius 1 is 0.904 bits per heavy atom. The molecule has 7 rings (SSSR count). The quantitative estimate of drug-likeness (QED) is 0.0443. The molecule has 3 aromatic carbocycles. The van der Waals surface area contributed by atoms with Gasteiger partial charge in [0.25, 0.3) is 17.5 Å². The molecule has 0 aromatic heterocycles. The Kier molecular flexibility index (Phi) is 8.10. The minimum Gasteiger partial charge on any atom is -0.507 e. The number of aromatic hydroxyl groups is 1. The van der Waals surface area contributed by atoms with Crippen LogP contribution in [0, 0.1) is 57.0 Å². The number of benzene rings is 3. The third-order valence-electron chi connectivity index (χ3n) is 10.3. The number of nitro groups is 1. The van der Waals surface area contributed by atoms with Gasteiger partial charge in [0.1, 0.15) is 11.4 Å². The number of rotatable bonds is 6. The number of alkyl halides is 2. The standard InChI is InChI=1S/C35H22Cl2F5N3O7/c1-2-5-14-6-3-9-19(29(14)46)22-17-10-11-18-21(31(48)43(30(18)47)15-7-4-8-16(12-15)45(51)52)20(17)13-34(36)32(49)44(33(50)35(22,34)37)28-26(41)24(39)23(38)25(40)27(28)42/h2-4,6-10,12,18,20-22,46H,1,5,11,13H2/t18-,20+,21-,22+,34+,35-/m0/s1. The van der Waals surface area contributed by atoms with Crippen molar-refractivity contribution < 1.29 is 51.2 Å². The number of halogens is 7. The van der Waals surface area contributed by atoms with Gasteiger partial charge < -0.3 is 5.11 Å². The lowest BCUT2D eigenvalue weighted by molar-refractivity contribution is -0.384. The number of allylic oxidation sites excluding steroid dienone is 3. The summed E-state index contributed by atoms with van der Waals surface area (Å²) in [5.41, 5.74) is -2.24. The third-order valence-corrected chi connectivity index (χ3v) is 11.8. The van der Waals surface area contributed by atoms with Crippen LogP contribution in [0.25, 0.3) is 0 Å². The van der Waals surface area contributed by atoms with Crippen molar-refractivity contribution >= 4 is 63.9 Å². The van der Waals surface area contributed by atoms with Crippen molar-refractivity contribution in [1.82, 2.24) is 0 Å². The van der Waals surface area contributed by atoms with E-state index in [4.69, 9.17) is 23.2 Å². The first-order valence-corrected chi connectivity index (χ1v) is 16.3. The Labute approximate surface area is 299 Å². The first-order valence-electron chi connectivity index (χ1n) is 15.5. The van der Waals surface area contributed by atoms with E-state index in [9.17, 15) is 47.6 Å². The third kappa shape index (κ3) is 4.47. The molecule has 2 heterocycles. The second-order valence-corrected chi connectivity index (χ2v) is 14.1. The van der Waals surface area contributed by atoms with Gasteiger partial charge in [-0.2, -0.15) is 0 Å². The second kappa shape index (κ2) is 12.0. The summed E-state index contributed by atoms with van der Waals surface area (Å²) in [5.74, 6) is -23.3. The summed E-state index contributed by atoms with van der Waals surface area (Å²) in [6, 6.07) is 9.01. The van der Waals surface area contributed by atoms with Gasteiger partial charge in [-0.05, 0) is 36.8 Å². The molecule has 0 spiro atoms. The van der Waals surface area contributed by atoms with E-state index in [1.807, 2.05) is 0 Å². The molecule has 0 radical (unpaired) electrons. The summed E-state index contributed by atoms with van der Waals surface area (Å²) in [6.45, 7) is 3.64. The number of amides is 4. The van der Waals surface area contributed by atoms with Crippen LogP contribution in [-0.2, 0) is 25.6 Å². The van der Waals surface area contributed by atoms with Crippen molar-refractivity contribution in [2.24, 2.45) is 17.8 Å². The van der Waals surface area contributed by atoms with Crippen molar-refractivity contribution in [2.45, 2.75) is 34.9 Å². The largest absolute Gasteiger partial charge is 0.507 e. The zero-order valence-corrected chi connectivity index (χ0v) is 27.7. The van der Waals surface area contributed by atoms with E-state index in [2.05, 4.69) is 6.58 Å². The number of non-ortho nitro benzene ring substituents is 1. The van der Waals surface area contributed by atoms with Crippen LogP contribution in [0.4, 0.5) is 39.0 Å². The van der Waals surface area contributed by atoms with E-state index < -0.39 is 115 Å². The van der Waals surface area contributed by atoms with Gasteiger partial charge in [-0.25, -0.2) is 31.8 Å². The maximum absolute atomic E-state index is 15.3. The van der Waals surface area contributed by atoms with E-state index in [0.29, 0.717) is 0 Å². The van der Waals surface area contributed by atoms with Gasteiger partial charge in [-0.1, -0.05) is 42.0 Å². The summed E-state index contributed by atoms with van der Waals surface area (Å²) in [7, 11) is 0. The molecule has 2 aliphatic heterocycles. The number of carbonyl (C=O) groups is 4. The van der Waals surface area contributed by atoms with Gasteiger partial charge in [-0.15, -0.1) is 29.8 Å². The fraction of sp³-hybridized carbons (Fsp3) is 0.257. The van der Waals surface area contributed by atoms with Gasteiger partial charge in [0, 0.05) is 23.6 Å². The zero-order chi connectivity index (χ0) is 37.8. The predicted octanol–water partition coefficient (Wildman–Crippen LogP) is 6.49. The summed E-state index contributed by atoms with van der Waals surface area (Å²) in [6.07, 6.45) is 2.07. The van der Waals surface area contributed by atoms with Gasteiger partial charge in [0.2, 0.25) is 17.6 Å². The Balaban J connectivity index is 1.44. The summed E-state index contributed by atoms with van der Waals surface area (Å²) in [5, 5.41) is 23.0. The normalized spacial score (nSPS) is 28.1. The molecule has 4 amide bonds. The van der Waals surface area contributed by atoms with Crippen LogP contribution >= 0.6 is 23.2 Å². The number of hydrogen-bond donors (Lipinski definition) is 1. The molecule has 3 aromatic rings. The molecule has 10 nitrogen and oxygen atoms in total. The van der Waals surface area contributed by atoms with Gasteiger partial charge in [-0.3, -0.25) is 29.3 Å². The molecular formula is C35H22Cl2F5N3O7. The highest BCUT2D eigenvalue weighted by Crippen LogP contribution is 2.67. The number of fused-ring (bicyclic) bond motifs is 4. The maximum Gasteiger partial charge on any atom is 0.271 e. The monoisotopic (exact) mass is 761 g/mol. The highest BCUT2D eigenvalue weighted by Gasteiger charge is 2.77. The number of carbonyl (C=O) groups excluding carboxylic acids is 4. The van der Waals surface area contributed by atoms with E-state index >= 15 is 8.78 Å². The number of anilines is 2. The van der Waals surface area contributed by atoms with E-state index in [0.717, 1.165) is 17.0 Å². The van der Waals surface area contributed by atoms with Crippen molar-refractivity contribution in [3.8, 4) is 5.75 Å². The average Bonchev–Trinajstić information content (AvgIpc) is 3.46. The van der Waals surface area contributed by atoms with Crippen molar-refractivity contribution in [2.75, 3.05) is 9.80 Å². The van der Waals surface area contributed by atoms with Crippen LogP contribution < -0.4 is 9.80 Å². The molecule has 1 saturated carbocycles. The molecule has 17 heteroatoms. The first kappa shape index (κ1) is 35.3. The summed E-state index contributed by atoms with van der Waals surface area (Å²) < 4.78 is 73.5. The highest BCUT2D eigenvalue weighted by molar-refractivity contribution is 6.58. The number of nitro benzene ring substituents is 1. The molecule has 1 N–H and O–H groups in total.